The molecule has 0 fully saturated rings. The number of anilines is 1. The van der Waals surface area contributed by atoms with E-state index in [1.165, 1.54) is 0 Å². The van der Waals surface area contributed by atoms with Gasteiger partial charge in [0, 0.05) is 20.3 Å². The molecular weight excluding hydrogens is 276 g/mol. The largest absolute Gasteiger partial charge is 0.398 e. The smallest absolute Gasteiger partial charge is 0.250 e. The number of carbonyl (C=O) groups excluding carboxylic acids is 1. The number of amides is 1. The van der Waals surface area contributed by atoms with E-state index in [1.807, 2.05) is 0 Å². The topological polar surface area (TPSA) is 69.1 Å². The first-order valence-electron chi connectivity index (χ1n) is 4.47. The van der Waals surface area contributed by atoms with Crippen molar-refractivity contribution in [1.82, 2.24) is 0 Å². The van der Waals surface area contributed by atoms with Gasteiger partial charge in [0.05, 0.1) is 5.56 Å². The molecule has 0 aliphatic carbocycles. The third-order valence-electron chi connectivity index (χ3n) is 1.73. The Kier molecular flexibility index (Phi) is 4.04. The number of carbonyl (C=O) groups is 1. The van der Waals surface area contributed by atoms with Crippen molar-refractivity contribution >= 4 is 39.3 Å². The van der Waals surface area contributed by atoms with E-state index in [0.717, 1.165) is 9.37 Å². The maximum absolute atomic E-state index is 11.1. The molecule has 4 N–H and O–H groups in total. The van der Waals surface area contributed by atoms with Gasteiger partial charge in [-0.1, -0.05) is 13.8 Å². The Labute approximate surface area is 102 Å². The van der Waals surface area contributed by atoms with Crippen LogP contribution in [-0.2, 0) is 0 Å². The van der Waals surface area contributed by atoms with Crippen molar-refractivity contribution in [2.24, 2.45) is 5.73 Å². The van der Waals surface area contributed by atoms with Crippen LogP contribution in [0.25, 0.3) is 0 Å². The summed E-state index contributed by atoms with van der Waals surface area (Å²) in [5.41, 5.74) is 11.7. The maximum atomic E-state index is 11.1. The molecule has 0 aliphatic heterocycles. The molecule has 0 aliphatic rings. The van der Waals surface area contributed by atoms with Crippen molar-refractivity contribution in [3.05, 3.63) is 22.2 Å². The van der Waals surface area contributed by atoms with Crippen molar-refractivity contribution in [1.29, 1.82) is 0 Å². The number of rotatable bonds is 3. The average Bonchev–Trinajstić information content (AvgIpc) is 2.08. The van der Waals surface area contributed by atoms with Gasteiger partial charge in [0.15, 0.2) is 0 Å². The maximum Gasteiger partial charge on any atom is 0.250 e. The summed E-state index contributed by atoms with van der Waals surface area (Å²) in [7, 11) is 0. The number of hydrogen-bond acceptors (Lipinski definition) is 3. The number of thioether (sulfide) groups is 1. The molecule has 0 saturated heterocycles. The molecular formula is C10H13BrN2OS. The molecule has 1 aromatic rings. The van der Waals surface area contributed by atoms with Crippen LogP contribution in [0.5, 0.6) is 0 Å². The summed E-state index contributed by atoms with van der Waals surface area (Å²) in [5.74, 6) is -0.495. The molecule has 5 heteroatoms. The molecule has 0 spiro atoms. The van der Waals surface area contributed by atoms with Gasteiger partial charge >= 0.3 is 0 Å². The quantitative estimate of drug-likeness (QED) is 0.664. The Morgan fingerprint density at radius 3 is 2.53 bits per heavy atom. The number of primary amides is 1. The van der Waals surface area contributed by atoms with Gasteiger partial charge in [-0.05, 0) is 28.1 Å². The van der Waals surface area contributed by atoms with Gasteiger partial charge in [-0.2, -0.15) is 0 Å². The van der Waals surface area contributed by atoms with Gasteiger partial charge in [0.1, 0.15) is 0 Å². The van der Waals surface area contributed by atoms with Crippen LogP contribution in [0.4, 0.5) is 5.69 Å². The summed E-state index contributed by atoms with van der Waals surface area (Å²) in [5, 5.41) is 0.436. The fourth-order valence-corrected chi connectivity index (χ4v) is 2.63. The molecule has 1 rings (SSSR count). The Hall–Kier alpha value is -0.680. The molecule has 82 valence electrons. The lowest BCUT2D eigenvalue weighted by Gasteiger charge is -2.10. The van der Waals surface area contributed by atoms with Crippen molar-refractivity contribution in [2.75, 3.05) is 5.73 Å². The zero-order valence-corrected chi connectivity index (χ0v) is 11.0. The molecule has 3 nitrogen and oxygen atoms in total. The number of nitrogens with two attached hydrogens (primary N) is 2. The average molecular weight is 289 g/mol. The lowest BCUT2D eigenvalue weighted by Crippen LogP contribution is -2.13. The minimum absolute atomic E-state index is 0.376. The third-order valence-corrected chi connectivity index (χ3v) is 3.71. The van der Waals surface area contributed by atoms with Gasteiger partial charge in [0.25, 0.3) is 5.91 Å². The predicted octanol–water partition coefficient (Wildman–Crippen LogP) is 2.63. The number of halogens is 1. The van der Waals surface area contributed by atoms with Crippen LogP contribution in [-0.4, -0.2) is 11.2 Å². The zero-order chi connectivity index (χ0) is 11.6. The van der Waals surface area contributed by atoms with Crippen LogP contribution >= 0.6 is 27.7 Å². The van der Waals surface area contributed by atoms with Crippen LogP contribution in [0.2, 0.25) is 0 Å². The third kappa shape index (κ3) is 3.14. The van der Waals surface area contributed by atoms with Crippen LogP contribution in [0.15, 0.2) is 21.5 Å². The minimum Gasteiger partial charge on any atom is -0.398 e. The van der Waals surface area contributed by atoms with Crippen LogP contribution in [0.1, 0.15) is 24.2 Å². The van der Waals surface area contributed by atoms with Gasteiger partial charge in [0.2, 0.25) is 0 Å². The van der Waals surface area contributed by atoms with Crippen LogP contribution in [0.3, 0.4) is 0 Å². The second-order valence-corrected chi connectivity index (χ2v) is 5.87. The molecule has 1 amide bonds. The van der Waals surface area contributed by atoms with Gasteiger partial charge in [-0.3, -0.25) is 4.79 Å². The first-order chi connectivity index (χ1) is 6.91. The summed E-state index contributed by atoms with van der Waals surface area (Å²) in [6.45, 7) is 4.16. The Morgan fingerprint density at radius 2 is 2.07 bits per heavy atom. The van der Waals surface area contributed by atoms with Crippen molar-refractivity contribution in [3.63, 3.8) is 0 Å². The van der Waals surface area contributed by atoms with E-state index in [4.69, 9.17) is 11.5 Å². The van der Waals surface area contributed by atoms with E-state index < -0.39 is 5.91 Å². The Morgan fingerprint density at radius 1 is 1.47 bits per heavy atom. The molecule has 0 aromatic heterocycles. The zero-order valence-electron chi connectivity index (χ0n) is 8.58. The predicted molar refractivity (Wildman–Crippen MR) is 68.1 cm³/mol. The van der Waals surface area contributed by atoms with Gasteiger partial charge in [-0.15, -0.1) is 11.8 Å². The van der Waals surface area contributed by atoms with E-state index in [0.29, 0.717) is 16.5 Å². The van der Waals surface area contributed by atoms with E-state index in [-0.39, 0.29) is 0 Å². The summed E-state index contributed by atoms with van der Waals surface area (Å²) >= 11 is 5.06. The summed E-state index contributed by atoms with van der Waals surface area (Å²) < 4.78 is 0.892. The fourth-order valence-electron chi connectivity index (χ4n) is 1.13. The summed E-state index contributed by atoms with van der Waals surface area (Å²) in [6.07, 6.45) is 0. The second kappa shape index (κ2) is 4.90. The van der Waals surface area contributed by atoms with Crippen LogP contribution < -0.4 is 11.5 Å². The van der Waals surface area contributed by atoms with Gasteiger partial charge in [-0.25, -0.2) is 0 Å². The molecule has 15 heavy (non-hydrogen) atoms. The normalized spacial score (nSPS) is 10.7. The molecule has 1 aromatic carbocycles. The standard InChI is InChI=1S/C10H13BrN2OS/c1-5(2)15-9-3-6(10(13)14)8(12)4-7(9)11/h3-5H,12H2,1-2H3,(H2,13,14). The van der Waals surface area contributed by atoms with Crippen LogP contribution in [0, 0.1) is 0 Å². The van der Waals surface area contributed by atoms with E-state index >= 15 is 0 Å². The van der Waals surface area contributed by atoms with E-state index in [2.05, 4.69) is 29.8 Å². The highest BCUT2D eigenvalue weighted by molar-refractivity contribution is 9.10. The number of benzene rings is 1. The molecule has 0 radical (unpaired) electrons. The Balaban J connectivity index is 3.17. The SMILES string of the molecule is CC(C)Sc1cc(C(N)=O)c(N)cc1Br. The second-order valence-electron chi connectivity index (χ2n) is 3.40. The number of nitrogen functional groups attached to an aromatic ring is 1. The summed E-state index contributed by atoms with van der Waals surface area (Å²) in [6, 6.07) is 3.44. The van der Waals surface area contributed by atoms with Gasteiger partial charge < -0.3 is 11.5 Å². The Bertz CT molecular complexity index is 393. The minimum atomic E-state index is -0.495. The number of hydrogen-bond donors (Lipinski definition) is 2. The monoisotopic (exact) mass is 288 g/mol. The molecule has 0 unspecified atom stereocenters. The molecule has 0 atom stereocenters. The van der Waals surface area contributed by atoms with Crippen molar-refractivity contribution < 1.29 is 4.79 Å². The molecule has 0 bridgehead atoms. The first kappa shape index (κ1) is 12.4. The van der Waals surface area contributed by atoms with E-state index in [1.54, 1.807) is 23.9 Å². The van der Waals surface area contributed by atoms with Crippen molar-refractivity contribution in [3.8, 4) is 0 Å². The lowest BCUT2D eigenvalue weighted by molar-refractivity contribution is 0.100. The first-order valence-corrected chi connectivity index (χ1v) is 6.14. The fraction of sp³-hybridized carbons (Fsp3) is 0.300. The molecule has 0 heterocycles. The lowest BCUT2D eigenvalue weighted by atomic mass is 10.2. The van der Waals surface area contributed by atoms with Crippen molar-refractivity contribution in [2.45, 2.75) is 24.0 Å². The highest BCUT2D eigenvalue weighted by Gasteiger charge is 2.11. The van der Waals surface area contributed by atoms with E-state index in [9.17, 15) is 4.79 Å². The molecule has 0 saturated carbocycles. The highest BCUT2D eigenvalue weighted by atomic mass is 79.9. The highest BCUT2D eigenvalue weighted by Crippen LogP contribution is 2.33. The summed E-state index contributed by atoms with van der Waals surface area (Å²) in [4.78, 5) is 12.1.